The van der Waals surface area contributed by atoms with Crippen molar-refractivity contribution in [1.82, 2.24) is 10.2 Å². The Morgan fingerprint density at radius 3 is 2.06 bits per heavy atom. The van der Waals surface area contributed by atoms with Gasteiger partial charge in [-0.2, -0.15) is 0 Å². The van der Waals surface area contributed by atoms with Gasteiger partial charge in [-0.3, -0.25) is 9.69 Å². The fraction of sp³-hybridized carbons (Fsp3) is 0.917. The molecule has 4 heteroatoms. The highest BCUT2D eigenvalue weighted by Gasteiger charge is 2.15. The fourth-order valence-corrected chi connectivity index (χ4v) is 1.93. The minimum Gasteiger partial charge on any atom is -0.368 e. The first-order valence-corrected chi connectivity index (χ1v) is 6.18. The molecule has 1 atom stereocenters. The number of carbonyl (C=O) groups is 1. The molecule has 96 valence electrons. The van der Waals surface area contributed by atoms with E-state index in [0.29, 0.717) is 12.1 Å². The predicted molar refractivity (Wildman–Crippen MR) is 68.3 cm³/mol. The summed E-state index contributed by atoms with van der Waals surface area (Å²) in [6.07, 6.45) is 0.749. The molecule has 1 amide bonds. The van der Waals surface area contributed by atoms with Crippen LogP contribution in [0, 0.1) is 0 Å². The van der Waals surface area contributed by atoms with Crippen molar-refractivity contribution in [2.24, 2.45) is 5.73 Å². The van der Waals surface area contributed by atoms with E-state index in [1.165, 1.54) is 0 Å². The maximum absolute atomic E-state index is 11.0. The van der Waals surface area contributed by atoms with E-state index in [0.717, 1.165) is 19.5 Å². The molecule has 0 aromatic heterocycles. The summed E-state index contributed by atoms with van der Waals surface area (Å²) >= 11 is 0. The molecule has 0 aromatic rings. The first kappa shape index (κ1) is 15.4. The number of carbonyl (C=O) groups excluding carboxylic acids is 1. The van der Waals surface area contributed by atoms with Crippen molar-refractivity contribution in [3.8, 4) is 0 Å². The number of nitrogens with zero attached hydrogens (tertiary/aromatic N) is 1. The number of amides is 1. The first-order chi connectivity index (χ1) is 7.40. The van der Waals surface area contributed by atoms with Crippen molar-refractivity contribution >= 4 is 5.91 Å². The maximum atomic E-state index is 11.0. The van der Waals surface area contributed by atoms with Gasteiger partial charge in [0.05, 0.1) is 6.04 Å². The van der Waals surface area contributed by atoms with E-state index in [4.69, 9.17) is 5.73 Å². The van der Waals surface area contributed by atoms with Crippen LogP contribution in [-0.2, 0) is 4.79 Å². The monoisotopic (exact) mass is 229 g/mol. The highest BCUT2D eigenvalue weighted by molar-refractivity contribution is 5.79. The zero-order chi connectivity index (χ0) is 12.7. The van der Waals surface area contributed by atoms with Crippen molar-refractivity contribution in [2.45, 2.75) is 59.2 Å². The van der Waals surface area contributed by atoms with Gasteiger partial charge < -0.3 is 11.1 Å². The van der Waals surface area contributed by atoms with Crippen LogP contribution in [-0.4, -0.2) is 42.0 Å². The summed E-state index contributed by atoms with van der Waals surface area (Å²) in [5, 5.41) is 3.19. The Morgan fingerprint density at radius 2 is 1.75 bits per heavy atom. The van der Waals surface area contributed by atoms with Gasteiger partial charge in [0, 0.05) is 25.2 Å². The van der Waals surface area contributed by atoms with Gasteiger partial charge in [-0.15, -0.1) is 0 Å². The third kappa shape index (κ3) is 5.47. The lowest BCUT2D eigenvalue weighted by Crippen LogP contribution is -2.46. The van der Waals surface area contributed by atoms with Gasteiger partial charge in [0.15, 0.2) is 0 Å². The molecule has 0 radical (unpaired) electrons. The van der Waals surface area contributed by atoms with Crippen LogP contribution in [0.4, 0.5) is 0 Å². The van der Waals surface area contributed by atoms with E-state index in [2.05, 4.69) is 37.9 Å². The van der Waals surface area contributed by atoms with Gasteiger partial charge in [0.25, 0.3) is 0 Å². The second kappa shape index (κ2) is 7.63. The van der Waals surface area contributed by atoms with E-state index in [9.17, 15) is 4.79 Å². The Labute approximate surface area is 99.6 Å². The van der Waals surface area contributed by atoms with Crippen molar-refractivity contribution in [3.05, 3.63) is 0 Å². The van der Waals surface area contributed by atoms with Crippen LogP contribution in [0.5, 0.6) is 0 Å². The van der Waals surface area contributed by atoms with E-state index in [1.54, 1.807) is 0 Å². The Bertz CT molecular complexity index is 196. The number of primary amides is 1. The third-order valence-corrected chi connectivity index (χ3v) is 2.84. The van der Waals surface area contributed by atoms with Crippen molar-refractivity contribution in [1.29, 1.82) is 0 Å². The van der Waals surface area contributed by atoms with Crippen LogP contribution >= 0.6 is 0 Å². The lowest BCUT2D eigenvalue weighted by atomic mass is 10.2. The largest absolute Gasteiger partial charge is 0.368 e. The standard InChI is InChI=1S/C12H27N3O/c1-6-11(12(13)16)14-7-8-15(9(2)3)10(4)5/h9-11,14H,6-8H2,1-5H3,(H2,13,16). The maximum Gasteiger partial charge on any atom is 0.234 e. The average Bonchev–Trinajstić information content (AvgIpc) is 2.15. The smallest absolute Gasteiger partial charge is 0.234 e. The van der Waals surface area contributed by atoms with Crippen molar-refractivity contribution in [3.63, 3.8) is 0 Å². The molecule has 0 saturated heterocycles. The van der Waals surface area contributed by atoms with Gasteiger partial charge in [0.2, 0.25) is 5.91 Å². The lowest BCUT2D eigenvalue weighted by molar-refractivity contribution is -0.120. The van der Waals surface area contributed by atoms with Crippen LogP contribution in [0.15, 0.2) is 0 Å². The molecule has 0 aliphatic rings. The highest BCUT2D eigenvalue weighted by atomic mass is 16.1. The molecule has 0 aliphatic carbocycles. The molecule has 0 saturated carbocycles. The van der Waals surface area contributed by atoms with Crippen molar-refractivity contribution < 1.29 is 4.79 Å². The molecule has 0 rings (SSSR count). The molecule has 0 aromatic carbocycles. The van der Waals surface area contributed by atoms with Gasteiger partial charge in [-0.25, -0.2) is 0 Å². The molecule has 0 heterocycles. The van der Waals surface area contributed by atoms with Gasteiger partial charge in [-0.05, 0) is 34.1 Å². The minimum absolute atomic E-state index is 0.193. The topological polar surface area (TPSA) is 58.4 Å². The quantitative estimate of drug-likeness (QED) is 0.652. The minimum atomic E-state index is -0.261. The number of rotatable bonds is 8. The molecule has 0 fully saturated rings. The number of nitrogens with two attached hydrogens (primary N) is 1. The van der Waals surface area contributed by atoms with E-state index in [1.807, 2.05) is 6.92 Å². The zero-order valence-electron chi connectivity index (χ0n) is 11.3. The second-order valence-corrected chi connectivity index (χ2v) is 4.74. The third-order valence-electron chi connectivity index (χ3n) is 2.84. The molecular formula is C12H27N3O. The van der Waals surface area contributed by atoms with Crippen LogP contribution in [0.1, 0.15) is 41.0 Å². The zero-order valence-corrected chi connectivity index (χ0v) is 11.3. The summed E-state index contributed by atoms with van der Waals surface area (Å²) in [7, 11) is 0. The normalized spacial score (nSPS) is 13.8. The fourth-order valence-electron chi connectivity index (χ4n) is 1.93. The Hall–Kier alpha value is -0.610. The Kier molecular flexibility index (Phi) is 7.34. The SMILES string of the molecule is CCC(NCCN(C(C)C)C(C)C)C(N)=O. The van der Waals surface area contributed by atoms with Crippen molar-refractivity contribution in [2.75, 3.05) is 13.1 Å². The molecule has 0 bridgehead atoms. The van der Waals surface area contributed by atoms with E-state index >= 15 is 0 Å². The van der Waals surface area contributed by atoms with E-state index < -0.39 is 0 Å². The van der Waals surface area contributed by atoms with Crippen LogP contribution in [0.2, 0.25) is 0 Å². The molecule has 1 unspecified atom stereocenters. The van der Waals surface area contributed by atoms with Crippen LogP contribution in [0.3, 0.4) is 0 Å². The molecule has 0 aliphatic heterocycles. The van der Waals surface area contributed by atoms with Gasteiger partial charge in [-0.1, -0.05) is 6.92 Å². The number of hydrogen-bond donors (Lipinski definition) is 2. The van der Waals surface area contributed by atoms with Crippen LogP contribution in [0.25, 0.3) is 0 Å². The molecule has 16 heavy (non-hydrogen) atoms. The van der Waals surface area contributed by atoms with Gasteiger partial charge >= 0.3 is 0 Å². The summed E-state index contributed by atoms with van der Waals surface area (Å²) in [5.41, 5.74) is 5.27. The molecule has 0 spiro atoms. The summed E-state index contributed by atoms with van der Waals surface area (Å²) in [6, 6.07) is 0.854. The van der Waals surface area contributed by atoms with Crippen LogP contribution < -0.4 is 11.1 Å². The summed E-state index contributed by atoms with van der Waals surface area (Å²) in [6.45, 7) is 12.5. The summed E-state index contributed by atoms with van der Waals surface area (Å²) < 4.78 is 0. The Balaban J connectivity index is 3.98. The number of nitrogens with one attached hydrogen (secondary N) is 1. The van der Waals surface area contributed by atoms with E-state index in [-0.39, 0.29) is 11.9 Å². The average molecular weight is 229 g/mol. The summed E-state index contributed by atoms with van der Waals surface area (Å²) in [5.74, 6) is -0.261. The summed E-state index contributed by atoms with van der Waals surface area (Å²) in [4.78, 5) is 13.4. The molecule has 4 nitrogen and oxygen atoms in total. The Morgan fingerprint density at radius 1 is 1.25 bits per heavy atom. The second-order valence-electron chi connectivity index (χ2n) is 4.74. The highest BCUT2D eigenvalue weighted by Crippen LogP contribution is 2.03. The lowest BCUT2D eigenvalue weighted by Gasteiger charge is -2.31. The number of hydrogen-bond acceptors (Lipinski definition) is 3. The predicted octanol–water partition coefficient (Wildman–Crippen LogP) is 0.959. The first-order valence-electron chi connectivity index (χ1n) is 6.18. The molecule has 3 N–H and O–H groups in total. The molecular weight excluding hydrogens is 202 g/mol. The van der Waals surface area contributed by atoms with Gasteiger partial charge in [0.1, 0.15) is 0 Å².